The smallest absolute Gasteiger partial charge is 0.240 e. The Morgan fingerprint density at radius 3 is 2.72 bits per heavy atom. The number of nitrogen functional groups attached to an aromatic ring is 1. The maximum atomic E-state index is 13.3. The lowest BCUT2D eigenvalue weighted by atomic mass is 10.1. The molecule has 0 atom stereocenters. The third-order valence-electron chi connectivity index (χ3n) is 2.63. The van der Waals surface area contributed by atoms with E-state index < -0.39 is 5.82 Å². The number of halogens is 1. The third-order valence-corrected chi connectivity index (χ3v) is 2.63. The second-order valence-corrected chi connectivity index (χ2v) is 3.86. The molecule has 3 N–H and O–H groups in total. The SMILES string of the molecule is Nc1nc2ccc(-c3ccc(O)c(F)c3)cn2n1. The van der Waals surface area contributed by atoms with Crippen LogP contribution in [0.3, 0.4) is 0 Å². The summed E-state index contributed by atoms with van der Waals surface area (Å²) in [4.78, 5) is 4.00. The number of phenolic OH excluding ortho intramolecular Hbond substituents is 1. The van der Waals surface area contributed by atoms with E-state index >= 15 is 0 Å². The summed E-state index contributed by atoms with van der Waals surface area (Å²) in [7, 11) is 0. The van der Waals surface area contributed by atoms with Crippen molar-refractivity contribution in [1.82, 2.24) is 14.6 Å². The first kappa shape index (κ1) is 10.5. The Labute approximate surface area is 101 Å². The number of phenols is 1. The summed E-state index contributed by atoms with van der Waals surface area (Å²) in [6.07, 6.45) is 1.70. The van der Waals surface area contributed by atoms with E-state index in [9.17, 15) is 4.39 Å². The van der Waals surface area contributed by atoms with Crippen molar-refractivity contribution in [2.75, 3.05) is 5.73 Å². The second-order valence-electron chi connectivity index (χ2n) is 3.86. The van der Waals surface area contributed by atoms with Crippen LogP contribution in [0, 0.1) is 5.82 Å². The summed E-state index contributed by atoms with van der Waals surface area (Å²) in [6, 6.07) is 7.72. The van der Waals surface area contributed by atoms with Crippen LogP contribution in [0.15, 0.2) is 36.5 Å². The molecule has 0 saturated heterocycles. The Morgan fingerprint density at radius 2 is 1.94 bits per heavy atom. The van der Waals surface area contributed by atoms with Crippen molar-refractivity contribution in [3.63, 3.8) is 0 Å². The maximum Gasteiger partial charge on any atom is 0.240 e. The number of anilines is 1. The van der Waals surface area contributed by atoms with Crippen LogP contribution < -0.4 is 5.73 Å². The average Bonchev–Trinajstić information content (AvgIpc) is 2.71. The van der Waals surface area contributed by atoms with E-state index in [1.165, 1.54) is 16.6 Å². The lowest BCUT2D eigenvalue weighted by Gasteiger charge is -2.03. The molecule has 0 saturated carbocycles. The number of pyridine rings is 1. The molecule has 90 valence electrons. The molecule has 2 heterocycles. The molecule has 0 amide bonds. The molecule has 18 heavy (non-hydrogen) atoms. The number of aromatic nitrogens is 3. The van der Waals surface area contributed by atoms with Gasteiger partial charge in [0.1, 0.15) is 0 Å². The molecular formula is C12H9FN4O. The van der Waals surface area contributed by atoms with Crippen LogP contribution in [-0.4, -0.2) is 19.7 Å². The van der Waals surface area contributed by atoms with Crippen molar-refractivity contribution in [2.24, 2.45) is 0 Å². The van der Waals surface area contributed by atoms with Crippen molar-refractivity contribution in [3.8, 4) is 16.9 Å². The standard InChI is InChI=1S/C12H9FN4O/c13-9-5-7(1-3-10(9)18)8-2-4-11-15-12(14)16-17(11)6-8/h1-6,18H,(H2,14,16). The van der Waals surface area contributed by atoms with Crippen molar-refractivity contribution < 1.29 is 9.50 Å². The monoisotopic (exact) mass is 244 g/mol. The molecule has 1 aromatic carbocycles. The molecule has 3 aromatic rings. The van der Waals surface area contributed by atoms with Crippen LogP contribution in [-0.2, 0) is 0 Å². The number of nitrogens with two attached hydrogens (primary N) is 1. The number of fused-ring (bicyclic) bond motifs is 1. The zero-order valence-corrected chi connectivity index (χ0v) is 9.21. The fourth-order valence-corrected chi connectivity index (χ4v) is 1.76. The van der Waals surface area contributed by atoms with Crippen molar-refractivity contribution in [2.45, 2.75) is 0 Å². The van der Waals surface area contributed by atoms with E-state index in [0.717, 1.165) is 5.56 Å². The van der Waals surface area contributed by atoms with Crippen molar-refractivity contribution in [3.05, 3.63) is 42.3 Å². The first-order valence-electron chi connectivity index (χ1n) is 5.24. The Balaban J connectivity index is 2.15. The summed E-state index contributed by atoms with van der Waals surface area (Å²) in [5, 5.41) is 13.1. The first-order valence-corrected chi connectivity index (χ1v) is 5.24. The van der Waals surface area contributed by atoms with E-state index in [-0.39, 0.29) is 11.7 Å². The number of hydrogen-bond acceptors (Lipinski definition) is 4. The predicted octanol–water partition coefficient (Wildman–Crippen LogP) is 1.82. The normalized spacial score (nSPS) is 10.9. The topological polar surface area (TPSA) is 76.4 Å². The van der Waals surface area contributed by atoms with Crippen molar-refractivity contribution >= 4 is 11.6 Å². The molecule has 5 nitrogen and oxygen atoms in total. The minimum Gasteiger partial charge on any atom is -0.505 e. The molecule has 0 aliphatic carbocycles. The minimum absolute atomic E-state index is 0.184. The molecule has 0 spiro atoms. The highest BCUT2D eigenvalue weighted by Gasteiger charge is 2.06. The fourth-order valence-electron chi connectivity index (χ4n) is 1.76. The highest BCUT2D eigenvalue weighted by atomic mass is 19.1. The zero-order chi connectivity index (χ0) is 12.7. The van der Waals surface area contributed by atoms with Gasteiger partial charge in [-0.1, -0.05) is 6.07 Å². The van der Waals surface area contributed by atoms with Crippen LogP contribution in [0.4, 0.5) is 10.3 Å². The second kappa shape index (κ2) is 3.69. The predicted molar refractivity (Wildman–Crippen MR) is 64.5 cm³/mol. The average molecular weight is 244 g/mol. The van der Waals surface area contributed by atoms with E-state index in [1.807, 2.05) is 0 Å². The van der Waals surface area contributed by atoms with Crippen LogP contribution in [0.25, 0.3) is 16.8 Å². The summed E-state index contributed by atoms with van der Waals surface area (Å²) in [5.41, 5.74) is 7.50. The van der Waals surface area contributed by atoms with Gasteiger partial charge in [0.25, 0.3) is 0 Å². The van der Waals surface area contributed by atoms with Crippen LogP contribution in [0.2, 0.25) is 0 Å². The molecular weight excluding hydrogens is 235 g/mol. The lowest BCUT2D eigenvalue weighted by molar-refractivity contribution is 0.432. The van der Waals surface area contributed by atoms with Gasteiger partial charge < -0.3 is 10.8 Å². The third kappa shape index (κ3) is 1.64. The molecule has 6 heteroatoms. The molecule has 0 unspecified atom stereocenters. The van der Waals surface area contributed by atoms with Gasteiger partial charge in [-0.25, -0.2) is 8.91 Å². The fraction of sp³-hybridized carbons (Fsp3) is 0. The molecule has 0 aliphatic rings. The number of hydrogen-bond donors (Lipinski definition) is 2. The summed E-state index contributed by atoms with van der Waals surface area (Å²) >= 11 is 0. The van der Waals surface area contributed by atoms with Gasteiger partial charge in [0.15, 0.2) is 17.2 Å². The van der Waals surface area contributed by atoms with E-state index in [2.05, 4.69) is 10.1 Å². The largest absolute Gasteiger partial charge is 0.505 e. The number of rotatable bonds is 1. The van der Waals surface area contributed by atoms with Gasteiger partial charge in [0, 0.05) is 11.8 Å². The van der Waals surface area contributed by atoms with E-state index in [1.54, 1.807) is 24.4 Å². The van der Waals surface area contributed by atoms with Crippen LogP contribution in [0.1, 0.15) is 0 Å². The first-order chi connectivity index (χ1) is 8.63. The minimum atomic E-state index is -0.661. The van der Waals surface area contributed by atoms with E-state index in [0.29, 0.717) is 11.2 Å². The van der Waals surface area contributed by atoms with Gasteiger partial charge in [0.05, 0.1) is 0 Å². The Kier molecular flexibility index (Phi) is 2.16. The number of aromatic hydroxyl groups is 1. The van der Waals surface area contributed by atoms with Gasteiger partial charge in [0.2, 0.25) is 5.95 Å². The summed E-state index contributed by atoms with van der Waals surface area (Å²) in [5.74, 6) is -0.848. The lowest BCUT2D eigenvalue weighted by Crippen LogP contribution is -1.90. The number of nitrogens with zero attached hydrogens (tertiary/aromatic N) is 3. The Morgan fingerprint density at radius 1 is 1.17 bits per heavy atom. The highest BCUT2D eigenvalue weighted by molar-refractivity contribution is 5.65. The molecule has 0 aliphatic heterocycles. The Bertz CT molecular complexity index is 738. The van der Waals surface area contributed by atoms with Gasteiger partial charge >= 0.3 is 0 Å². The quantitative estimate of drug-likeness (QED) is 0.684. The van der Waals surface area contributed by atoms with Gasteiger partial charge in [-0.05, 0) is 29.8 Å². The van der Waals surface area contributed by atoms with Gasteiger partial charge in [-0.2, -0.15) is 4.98 Å². The highest BCUT2D eigenvalue weighted by Crippen LogP contribution is 2.24. The maximum absolute atomic E-state index is 13.3. The zero-order valence-electron chi connectivity index (χ0n) is 9.21. The van der Waals surface area contributed by atoms with Crippen molar-refractivity contribution in [1.29, 1.82) is 0 Å². The number of benzene rings is 1. The summed E-state index contributed by atoms with van der Waals surface area (Å²) < 4.78 is 14.8. The molecule has 0 bridgehead atoms. The Hall–Kier alpha value is -2.63. The van der Waals surface area contributed by atoms with Gasteiger partial charge in [-0.3, -0.25) is 0 Å². The van der Waals surface area contributed by atoms with E-state index in [4.69, 9.17) is 10.8 Å². The van der Waals surface area contributed by atoms with Gasteiger partial charge in [-0.15, -0.1) is 5.10 Å². The van der Waals surface area contributed by atoms with Crippen LogP contribution in [0.5, 0.6) is 5.75 Å². The molecule has 3 rings (SSSR count). The molecule has 0 fully saturated rings. The molecule has 2 aromatic heterocycles. The summed E-state index contributed by atoms with van der Waals surface area (Å²) in [6.45, 7) is 0. The molecule has 0 radical (unpaired) electrons. The van der Waals surface area contributed by atoms with Crippen LogP contribution >= 0.6 is 0 Å².